The van der Waals surface area contributed by atoms with Crippen LogP contribution in [0.4, 0.5) is 13.2 Å². The van der Waals surface area contributed by atoms with Crippen LogP contribution in [0.3, 0.4) is 0 Å². The quantitative estimate of drug-likeness (QED) is 0.324. The molecule has 2 aromatic rings. The molecule has 2 aromatic carbocycles. The molecule has 1 aliphatic rings. The number of esters is 1. The van der Waals surface area contributed by atoms with Crippen LogP contribution in [0.2, 0.25) is 0 Å². The van der Waals surface area contributed by atoms with Crippen molar-refractivity contribution in [3.8, 4) is 0 Å². The molecular formula is C30H38F3NO4. The summed E-state index contributed by atoms with van der Waals surface area (Å²) in [7, 11) is 0. The molecule has 1 aliphatic heterocycles. The van der Waals surface area contributed by atoms with Gasteiger partial charge in [-0.3, -0.25) is 9.69 Å². The molecule has 1 saturated heterocycles. The molecule has 0 aromatic heterocycles. The number of benzene rings is 2. The van der Waals surface area contributed by atoms with E-state index in [0.717, 1.165) is 37.1 Å². The van der Waals surface area contributed by atoms with Crippen molar-refractivity contribution < 1.29 is 32.5 Å². The lowest BCUT2D eigenvalue weighted by atomic mass is 10.0. The van der Waals surface area contributed by atoms with Gasteiger partial charge < -0.3 is 14.6 Å². The maximum atomic E-state index is 14.0. The zero-order valence-corrected chi connectivity index (χ0v) is 22.4. The number of carbonyl (C=O) groups excluding carboxylic acids is 1. The van der Waals surface area contributed by atoms with Crippen LogP contribution in [0.25, 0.3) is 6.08 Å². The van der Waals surface area contributed by atoms with E-state index in [0.29, 0.717) is 42.7 Å². The van der Waals surface area contributed by atoms with E-state index in [1.165, 1.54) is 0 Å². The van der Waals surface area contributed by atoms with Crippen LogP contribution in [0.15, 0.2) is 36.4 Å². The summed E-state index contributed by atoms with van der Waals surface area (Å²) in [5, 5.41) is 10.7. The Labute approximate surface area is 223 Å². The van der Waals surface area contributed by atoms with E-state index in [4.69, 9.17) is 9.47 Å². The Kier molecular flexibility index (Phi) is 11.4. The molecule has 0 aliphatic carbocycles. The number of aryl methyl sites for hydroxylation is 1. The molecule has 3 atom stereocenters. The second-order valence-corrected chi connectivity index (χ2v) is 9.85. The summed E-state index contributed by atoms with van der Waals surface area (Å²) in [6, 6.07) is 7.73. The second-order valence-electron chi connectivity index (χ2n) is 9.85. The van der Waals surface area contributed by atoms with Gasteiger partial charge in [0.15, 0.2) is 11.6 Å². The van der Waals surface area contributed by atoms with Crippen molar-refractivity contribution in [3.63, 3.8) is 0 Å². The highest BCUT2D eigenvalue weighted by molar-refractivity contribution is 5.69. The molecule has 0 radical (unpaired) electrons. The summed E-state index contributed by atoms with van der Waals surface area (Å²) < 4.78 is 52.7. The number of nitrogens with zero attached hydrogens (tertiary/aromatic N) is 1. The largest absolute Gasteiger partial charge is 0.466 e. The summed E-state index contributed by atoms with van der Waals surface area (Å²) >= 11 is 0. The number of hydrogen-bond acceptors (Lipinski definition) is 5. The van der Waals surface area contributed by atoms with Crippen LogP contribution >= 0.6 is 0 Å². The molecule has 38 heavy (non-hydrogen) atoms. The predicted octanol–water partition coefficient (Wildman–Crippen LogP) is 5.91. The molecule has 0 amide bonds. The SMILES string of the molecule is CCOC(=O)CC/C=C/c1cc(F)c(F)cc1[C@@H](C)OC[C@H](O)CN1CCC[C@H]1Cc1ccc(C)c(F)c1. The van der Waals surface area contributed by atoms with Gasteiger partial charge in [-0.25, -0.2) is 13.2 Å². The van der Waals surface area contributed by atoms with E-state index in [2.05, 4.69) is 4.90 Å². The first-order valence-corrected chi connectivity index (χ1v) is 13.3. The third kappa shape index (κ3) is 8.68. The van der Waals surface area contributed by atoms with Crippen LogP contribution in [0.5, 0.6) is 0 Å². The summed E-state index contributed by atoms with van der Waals surface area (Å²) in [6.45, 7) is 6.77. The van der Waals surface area contributed by atoms with E-state index < -0.39 is 23.8 Å². The van der Waals surface area contributed by atoms with E-state index >= 15 is 0 Å². The van der Waals surface area contributed by atoms with Gasteiger partial charge in [-0.05, 0) is 93.5 Å². The summed E-state index contributed by atoms with van der Waals surface area (Å²) in [4.78, 5) is 13.7. The smallest absolute Gasteiger partial charge is 0.306 e. The van der Waals surface area contributed by atoms with Crippen molar-refractivity contribution in [1.29, 1.82) is 0 Å². The highest BCUT2D eigenvalue weighted by atomic mass is 19.2. The minimum atomic E-state index is -0.980. The van der Waals surface area contributed by atoms with E-state index in [9.17, 15) is 23.1 Å². The first-order chi connectivity index (χ1) is 18.2. The average Bonchev–Trinajstić information content (AvgIpc) is 3.30. The Morgan fingerprint density at radius 3 is 2.68 bits per heavy atom. The molecule has 0 unspecified atom stereocenters. The normalized spacial score (nSPS) is 17.7. The van der Waals surface area contributed by atoms with Crippen molar-refractivity contribution in [1.82, 2.24) is 4.90 Å². The number of ether oxygens (including phenoxy) is 2. The molecule has 1 fully saturated rings. The molecule has 1 N–H and O–H groups in total. The van der Waals surface area contributed by atoms with Gasteiger partial charge in [0.2, 0.25) is 0 Å². The lowest BCUT2D eigenvalue weighted by Crippen LogP contribution is -2.39. The number of hydrogen-bond donors (Lipinski definition) is 1. The number of aliphatic hydroxyl groups excluding tert-OH is 1. The van der Waals surface area contributed by atoms with E-state index in [1.54, 1.807) is 45.1 Å². The fourth-order valence-corrected chi connectivity index (χ4v) is 4.79. The number of allylic oxidation sites excluding steroid dienone is 1. The fourth-order valence-electron chi connectivity index (χ4n) is 4.79. The van der Waals surface area contributed by atoms with Crippen molar-refractivity contribution >= 4 is 12.0 Å². The average molecular weight is 534 g/mol. The standard InChI is InChI=1S/C30H38F3NO4/c1-4-37-30(36)10-6-5-8-23-16-28(32)29(33)17-26(23)21(3)38-19-25(35)18-34-13-7-9-24(34)14-22-12-11-20(2)27(31)15-22/h5,8,11-12,15-17,21,24-25,35H,4,6-7,9-10,13-14,18-19H2,1-3H3/b8-5+/t21-,24+,25-/m1/s1. The molecule has 208 valence electrons. The van der Waals surface area contributed by atoms with Gasteiger partial charge in [-0.2, -0.15) is 0 Å². The van der Waals surface area contributed by atoms with Crippen LogP contribution in [0, 0.1) is 24.4 Å². The zero-order valence-electron chi connectivity index (χ0n) is 22.4. The number of likely N-dealkylation sites (tertiary alicyclic amines) is 1. The Balaban J connectivity index is 1.56. The minimum Gasteiger partial charge on any atom is -0.466 e. The monoisotopic (exact) mass is 533 g/mol. The van der Waals surface area contributed by atoms with Crippen molar-refractivity contribution in [2.24, 2.45) is 0 Å². The van der Waals surface area contributed by atoms with Crippen LogP contribution in [-0.4, -0.2) is 54.4 Å². The van der Waals surface area contributed by atoms with Crippen LogP contribution < -0.4 is 0 Å². The molecule has 3 rings (SSSR count). The molecule has 1 heterocycles. The topological polar surface area (TPSA) is 59.0 Å². The number of aliphatic hydroxyl groups is 1. The number of halogens is 3. The Morgan fingerprint density at radius 1 is 1.18 bits per heavy atom. The van der Waals surface area contributed by atoms with Crippen molar-refractivity contribution in [3.05, 3.63) is 76.1 Å². The summed E-state index contributed by atoms with van der Waals surface area (Å²) in [5.41, 5.74) is 2.45. The van der Waals surface area contributed by atoms with Crippen LogP contribution in [0.1, 0.15) is 67.9 Å². The molecule has 0 saturated carbocycles. The molecule has 0 bridgehead atoms. The lowest BCUT2D eigenvalue weighted by molar-refractivity contribution is -0.143. The predicted molar refractivity (Wildman–Crippen MR) is 141 cm³/mol. The highest BCUT2D eigenvalue weighted by Crippen LogP contribution is 2.27. The number of rotatable bonds is 13. The van der Waals surface area contributed by atoms with Crippen molar-refractivity contribution in [2.75, 3.05) is 26.3 Å². The number of carbonyl (C=O) groups is 1. The minimum absolute atomic E-state index is 0.0224. The summed E-state index contributed by atoms with van der Waals surface area (Å²) in [5.74, 6) is -2.48. The molecular weight excluding hydrogens is 495 g/mol. The molecule has 5 nitrogen and oxygen atoms in total. The van der Waals surface area contributed by atoms with Gasteiger partial charge in [0, 0.05) is 19.0 Å². The summed E-state index contributed by atoms with van der Waals surface area (Å²) in [6.07, 6.45) is 5.25. The van der Waals surface area contributed by atoms with Gasteiger partial charge in [0.05, 0.1) is 25.4 Å². The maximum Gasteiger partial charge on any atom is 0.306 e. The third-order valence-corrected chi connectivity index (χ3v) is 6.87. The Bertz CT molecular complexity index is 1110. The lowest BCUT2D eigenvalue weighted by Gasteiger charge is -2.27. The molecule has 8 heteroatoms. The Hall–Kier alpha value is -2.68. The van der Waals surface area contributed by atoms with Gasteiger partial charge in [0.1, 0.15) is 5.82 Å². The van der Waals surface area contributed by atoms with Gasteiger partial charge in [-0.15, -0.1) is 0 Å². The highest BCUT2D eigenvalue weighted by Gasteiger charge is 2.27. The fraction of sp³-hybridized carbons (Fsp3) is 0.500. The van der Waals surface area contributed by atoms with Crippen LogP contribution in [-0.2, 0) is 20.7 Å². The maximum absolute atomic E-state index is 14.0. The van der Waals surface area contributed by atoms with Gasteiger partial charge in [0.25, 0.3) is 0 Å². The van der Waals surface area contributed by atoms with E-state index in [1.807, 2.05) is 6.07 Å². The van der Waals surface area contributed by atoms with E-state index in [-0.39, 0.29) is 30.9 Å². The molecule has 0 spiro atoms. The van der Waals surface area contributed by atoms with Gasteiger partial charge >= 0.3 is 5.97 Å². The first-order valence-electron chi connectivity index (χ1n) is 13.3. The second kappa shape index (κ2) is 14.5. The third-order valence-electron chi connectivity index (χ3n) is 6.87. The zero-order chi connectivity index (χ0) is 27.7. The Morgan fingerprint density at radius 2 is 1.95 bits per heavy atom. The number of β-amino-alcohol motifs (C(OH)–C–C–N with tert-alkyl or cyclic N) is 1. The van der Waals surface area contributed by atoms with Gasteiger partial charge in [-0.1, -0.05) is 24.3 Å². The van der Waals surface area contributed by atoms with Crippen molar-refractivity contribution in [2.45, 2.75) is 71.1 Å². The first kappa shape index (κ1) is 29.9.